The maximum atomic E-state index is 12.7. The standard InChI is InChI=1S/C16H28N4O2S/c1-14(2)19-9-5-16(6-10-19)20(23(21,22)11-7-17)13-15-4-3-8-18-12-15/h3-4,8,12,14,16H,5-7,9-11,13,17H2,1-2H3. The molecule has 2 rings (SSSR count). The number of hydrogen-bond acceptors (Lipinski definition) is 5. The molecular weight excluding hydrogens is 312 g/mol. The van der Waals surface area contributed by atoms with Crippen LogP contribution >= 0.6 is 0 Å². The summed E-state index contributed by atoms with van der Waals surface area (Å²) in [6.07, 6.45) is 5.15. The van der Waals surface area contributed by atoms with Gasteiger partial charge in [0.05, 0.1) is 5.75 Å². The van der Waals surface area contributed by atoms with Gasteiger partial charge in [-0.2, -0.15) is 4.31 Å². The number of rotatable bonds is 7. The summed E-state index contributed by atoms with van der Waals surface area (Å²) in [4.78, 5) is 6.49. The Balaban J connectivity index is 2.14. The number of hydrogen-bond donors (Lipinski definition) is 1. The second kappa shape index (κ2) is 8.19. The zero-order chi connectivity index (χ0) is 16.9. The van der Waals surface area contributed by atoms with Crippen molar-refractivity contribution in [2.45, 2.75) is 45.3 Å². The molecule has 0 saturated carbocycles. The van der Waals surface area contributed by atoms with Crippen LogP contribution in [0.15, 0.2) is 24.5 Å². The van der Waals surface area contributed by atoms with Crippen LogP contribution in [0.2, 0.25) is 0 Å². The number of pyridine rings is 1. The summed E-state index contributed by atoms with van der Waals surface area (Å²) in [7, 11) is -3.35. The number of nitrogens with two attached hydrogens (primary N) is 1. The molecule has 0 unspecified atom stereocenters. The summed E-state index contributed by atoms with van der Waals surface area (Å²) in [6.45, 7) is 6.76. The van der Waals surface area contributed by atoms with Gasteiger partial charge in [0.1, 0.15) is 0 Å². The summed E-state index contributed by atoms with van der Waals surface area (Å²) in [5.74, 6) is -0.00232. The molecular formula is C16H28N4O2S. The van der Waals surface area contributed by atoms with E-state index >= 15 is 0 Å². The number of sulfonamides is 1. The quantitative estimate of drug-likeness (QED) is 0.802. The van der Waals surface area contributed by atoms with Gasteiger partial charge in [0.15, 0.2) is 0 Å². The van der Waals surface area contributed by atoms with Crippen molar-refractivity contribution < 1.29 is 8.42 Å². The molecule has 1 aliphatic rings. The van der Waals surface area contributed by atoms with Crippen LogP contribution in [0.5, 0.6) is 0 Å². The molecule has 0 radical (unpaired) electrons. The topological polar surface area (TPSA) is 79.5 Å². The molecule has 6 nitrogen and oxygen atoms in total. The second-order valence-electron chi connectivity index (χ2n) is 6.37. The summed E-state index contributed by atoms with van der Waals surface area (Å²) in [5.41, 5.74) is 6.43. The van der Waals surface area contributed by atoms with Crippen molar-refractivity contribution in [2.24, 2.45) is 5.73 Å². The minimum atomic E-state index is -3.35. The molecule has 1 aliphatic heterocycles. The fourth-order valence-electron chi connectivity index (χ4n) is 3.08. The lowest BCUT2D eigenvalue weighted by Crippen LogP contribution is -2.49. The van der Waals surface area contributed by atoms with E-state index in [0.717, 1.165) is 31.5 Å². The Morgan fingerprint density at radius 1 is 1.39 bits per heavy atom. The van der Waals surface area contributed by atoms with Crippen molar-refractivity contribution in [3.8, 4) is 0 Å². The van der Waals surface area contributed by atoms with E-state index in [4.69, 9.17) is 5.73 Å². The third-order valence-electron chi connectivity index (χ3n) is 4.43. The highest BCUT2D eigenvalue weighted by Gasteiger charge is 2.32. The molecule has 2 N–H and O–H groups in total. The van der Waals surface area contributed by atoms with E-state index in [2.05, 4.69) is 23.7 Å². The molecule has 2 heterocycles. The van der Waals surface area contributed by atoms with E-state index in [1.807, 2.05) is 12.1 Å². The fraction of sp³-hybridized carbons (Fsp3) is 0.688. The van der Waals surface area contributed by atoms with Crippen LogP contribution in [-0.2, 0) is 16.6 Å². The average molecular weight is 340 g/mol. The zero-order valence-corrected chi connectivity index (χ0v) is 14.9. The Morgan fingerprint density at radius 2 is 2.09 bits per heavy atom. The summed E-state index contributed by atoms with van der Waals surface area (Å²) in [5, 5.41) is 0. The van der Waals surface area contributed by atoms with Crippen molar-refractivity contribution in [3.05, 3.63) is 30.1 Å². The predicted octanol–water partition coefficient (Wildman–Crippen LogP) is 1.04. The first-order chi connectivity index (χ1) is 10.9. The Bertz CT molecular complexity index is 569. The third kappa shape index (κ3) is 4.97. The number of likely N-dealkylation sites (tertiary alicyclic amines) is 1. The minimum absolute atomic E-state index is 0.00232. The first-order valence-electron chi connectivity index (χ1n) is 8.26. The number of nitrogens with zero attached hydrogens (tertiary/aromatic N) is 3. The summed E-state index contributed by atoms with van der Waals surface area (Å²) < 4.78 is 27.0. The lowest BCUT2D eigenvalue weighted by Gasteiger charge is -2.39. The van der Waals surface area contributed by atoms with E-state index < -0.39 is 10.0 Å². The molecule has 23 heavy (non-hydrogen) atoms. The monoisotopic (exact) mass is 340 g/mol. The average Bonchev–Trinajstić information content (AvgIpc) is 2.53. The molecule has 0 spiro atoms. The van der Waals surface area contributed by atoms with E-state index in [0.29, 0.717) is 12.6 Å². The maximum Gasteiger partial charge on any atom is 0.215 e. The van der Waals surface area contributed by atoms with Crippen LogP contribution < -0.4 is 5.73 Å². The van der Waals surface area contributed by atoms with E-state index in [1.165, 1.54) is 0 Å². The maximum absolute atomic E-state index is 12.7. The van der Waals surface area contributed by atoms with Gasteiger partial charge in [-0.05, 0) is 51.4 Å². The van der Waals surface area contributed by atoms with Gasteiger partial charge >= 0.3 is 0 Å². The van der Waals surface area contributed by atoms with Gasteiger partial charge < -0.3 is 10.6 Å². The molecule has 0 bridgehead atoms. The van der Waals surface area contributed by atoms with Crippen LogP contribution in [0.3, 0.4) is 0 Å². The van der Waals surface area contributed by atoms with Gasteiger partial charge in [-0.15, -0.1) is 0 Å². The molecule has 0 amide bonds. The van der Waals surface area contributed by atoms with Crippen molar-refractivity contribution >= 4 is 10.0 Å². The molecule has 130 valence electrons. The van der Waals surface area contributed by atoms with Gasteiger partial charge in [0.25, 0.3) is 0 Å². The minimum Gasteiger partial charge on any atom is -0.329 e. The van der Waals surface area contributed by atoms with E-state index in [1.54, 1.807) is 16.7 Å². The van der Waals surface area contributed by atoms with Gasteiger partial charge in [0, 0.05) is 37.6 Å². The molecule has 0 aromatic carbocycles. The first-order valence-corrected chi connectivity index (χ1v) is 9.87. The van der Waals surface area contributed by atoms with Crippen LogP contribution in [0.1, 0.15) is 32.3 Å². The van der Waals surface area contributed by atoms with Crippen molar-refractivity contribution in [1.82, 2.24) is 14.2 Å². The summed E-state index contributed by atoms with van der Waals surface area (Å²) >= 11 is 0. The van der Waals surface area contributed by atoms with Crippen LogP contribution in [-0.4, -0.2) is 60.1 Å². The van der Waals surface area contributed by atoms with Crippen LogP contribution in [0, 0.1) is 0 Å². The van der Waals surface area contributed by atoms with Crippen molar-refractivity contribution in [1.29, 1.82) is 0 Å². The molecule has 1 fully saturated rings. The van der Waals surface area contributed by atoms with E-state index in [-0.39, 0.29) is 18.3 Å². The third-order valence-corrected chi connectivity index (χ3v) is 6.32. The van der Waals surface area contributed by atoms with Gasteiger partial charge in [-0.25, -0.2) is 8.42 Å². The summed E-state index contributed by atoms with van der Waals surface area (Å²) in [6, 6.07) is 4.30. The van der Waals surface area contributed by atoms with Gasteiger partial charge in [0.2, 0.25) is 10.0 Å². The largest absolute Gasteiger partial charge is 0.329 e. The molecule has 0 aliphatic carbocycles. The number of aromatic nitrogens is 1. The molecule has 7 heteroatoms. The van der Waals surface area contributed by atoms with Gasteiger partial charge in [-0.1, -0.05) is 6.07 Å². The SMILES string of the molecule is CC(C)N1CCC(N(Cc2cccnc2)S(=O)(=O)CCN)CC1. The van der Waals surface area contributed by atoms with Crippen LogP contribution in [0.25, 0.3) is 0 Å². The van der Waals surface area contributed by atoms with Crippen LogP contribution in [0.4, 0.5) is 0 Å². The molecule has 0 atom stereocenters. The normalized spacial score (nSPS) is 18.0. The molecule has 1 aromatic rings. The van der Waals surface area contributed by atoms with Crippen molar-refractivity contribution in [3.63, 3.8) is 0 Å². The van der Waals surface area contributed by atoms with Crippen molar-refractivity contribution in [2.75, 3.05) is 25.4 Å². The molecule has 1 saturated heterocycles. The highest BCUT2D eigenvalue weighted by atomic mass is 32.2. The Kier molecular flexibility index (Phi) is 6.52. The number of piperidine rings is 1. The van der Waals surface area contributed by atoms with E-state index in [9.17, 15) is 8.42 Å². The Morgan fingerprint density at radius 3 is 2.61 bits per heavy atom. The lowest BCUT2D eigenvalue weighted by molar-refractivity contribution is 0.130. The zero-order valence-electron chi connectivity index (χ0n) is 14.1. The highest BCUT2D eigenvalue weighted by molar-refractivity contribution is 7.89. The van der Waals surface area contributed by atoms with Gasteiger partial charge in [-0.3, -0.25) is 4.98 Å². The fourth-order valence-corrected chi connectivity index (χ4v) is 4.63. The second-order valence-corrected chi connectivity index (χ2v) is 8.41. The Labute approximate surface area is 139 Å². The molecule has 1 aromatic heterocycles. The first kappa shape index (κ1) is 18.3. The Hall–Kier alpha value is -1.02. The smallest absolute Gasteiger partial charge is 0.215 e. The predicted molar refractivity (Wildman–Crippen MR) is 92.4 cm³/mol. The lowest BCUT2D eigenvalue weighted by atomic mass is 10.0. The highest BCUT2D eigenvalue weighted by Crippen LogP contribution is 2.23.